The molecule has 0 radical (unpaired) electrons. The summed E-state index contributed by atoms with van der Waals surface area (Å²) in [4.78, 5) is 27.6. The van der Waals surface area contributed by atoms with E-state index in [-0.39, 0.29) is 17.7 Å². The van der Waals surface area contributed by atoms with Crippen LogP contribution in [-0.4, -0.2) is 65.8 Å². The van der Waals surface area contributed by atoms with Gasteiger partial charge in [0.1, 0.15) is 0 Å². The lowest BCUT2D eigenvalue weighted by atomic mass is 10.1. The Morgan fingerprint density at radius 2 is 1.58 bits per heavy atom. The summed E-state index contributed by atoms with van der Waals surface area (Å²) in [7, 11) is 0. The van der Waals surface area contributed by atoms with E-state index in [1.54, 1.807) is 16.7 Å². The summed E-state index contributed by atoms with van der Waals surface area (Å²) in [5, 5.41) is 0. The van der Waals surface area contributed by atoms with Gasteiger partial charge in [0.25, 0.3) is 0 Å². The Labute approximate surface area is 119 Å². The molecule has 5 nitrogen and oxygen atoms in total. The maximum absolute atomic E-state index is 12.1. The molecule has 0 aliphatic carbocycles. The molecule has 0 unspecified atom stereocenters. The van der Waals surface area contributed by atoms with Crippen LogP contribution in [0.2, 0.25) is 0 Å². The van der Waals surface area contributed by atoms with Gasteiger partial charge in [-0.3, -0.25) is 9.59 Å². The van der Waals surface area contributed by atoms with Crippen LogP contribution in [0.5, 0.6) is 0 Å². The van der Waals surface area contributed by atoms with Crippen molar-refractivity contribution in [2.45, 2.75) is 26.3 Å². The third kappa shape index (κ3) is 4.69. The zero-order chi connectivity index (χ0) is 14.4. The molecule has 110 valence electrons. The number of piperazine rings is 1. The van der Waals surface area contributed by atoms with Gasteiger partial charge in [-0.1, -0.05) is 13.8 Å². The van der Waals surface area contributed by atoms with Crippen molar-refractivity contribution in [3.05, 3.63) is 0 Å². The number of carbonyl (C=O) groups is 2. The predicted molar refractivity (Wildman–Crippen MR) is 79.0 cm³/mol. The molecule has 19 heavy (non-hydrogen) atoms. The van der Waals surface area contributed by atoms with E-state index in [1.165, 1.54) is 0 Å². The highest BCUT2D eigenvalue weighted by Gasteiger charge is 2.27. The molecule has 0 aromatic rings. The van der Waals surface area contributed by atoms with Gasteiger partial charge in [0, 0.05) is 32.1 Å². The highest BCUT2D eigenvalue weighted by Crippen LogP contribution is 2.09. The van der Waals surface area contributed by atoms with E-state index in [2.05, 4.69) is 0 Å². The first-order valence-electron chi connectivity index (χ1n) is 6.79. The van der Waals surface area contributed by atoms with Gasteiger partial charge in [0.2, 0.25) is 11.8 Å². The second-order valence-electron chi connectivity index (χ2n) is 5.19. The molecule has 0 bridgehead atoms. The Bertz CT molecular complexity index is 315. The largest absolute Gasteiger partial charge is 0.339 e. The van der Waals surface area contributed by atoms with Gasteiger partial charge in [-0.15, -0.1) is 0 Å². The third-order valence-corrected chi connectivity index (χ3v) is 3.99. The standard InChI is InChI=1S/C13H25N3O2S/c1-10(2)12(17)15-5-7-16(8-6-15)13(18)11(14)4-9-19-3/h10-11H,4-9,14H2,1-3H3/t11-/m0/s1. The summed E-state index contributed by atoms with van der Waals surface area (Å²) in [6, 6.07) is -0.403. The average molecular weight is 287 g/mol. The first kappa shape index (κ1) is 16.3. The molecule has 2 amide bonds. The molecule has 1 atom stereocenters. The maximum atomic E-state index is 12.1. The van der Waals surface area contributed by atoms with Crippen molar-refractivity contribution in [2.24, 2.45) is 11.7 Å². The Kier molecular flexibility index (Phi) is 6.65. The Morgan fingerprint density at radius 3 is 2.00 bits per heavy atom. The SMILES string of the molecule is CSCC[C@H](N)C(=O)N1CCN(C(=O)C(C)C)CC1. The topological polar surface area (TPSA) is 66.6 Å². The van der Waals surface area contributed by atoms with Gasteiger partial charge in [-0.2, -0.15) is 11.8 Å². The minimum Gasteiger partial charge on any atom is -0.339 e. The molecule has 0 aromatic heterocycles. The van der Waals surface area contributed by atoms with Crippen LogP contribution in [0.1, 0.15) is 20.3 Å². The van der Waals surface area contributed by atoms with Crippen molar-refractivity contribution >= 4 is 23.6 Å². The van der Waals surface area contributed by atoms with Crippen LogP contribution in [0.4, 0.5) is 0 Å². The first-order valence-corrected chi connectivity index (χ1v) is 8.18. The summed E-state index contributed by atoms with van der Waals surface area (Å²) in [5.41, 5.74) is 5.89. The second kappa shape index (κ2) is 7.75. The van der Waals surface area contributed by atoms with E-state index >= 15 is 0 Å². The zero-order valence-corrected chi connectivity index (χ0v) is 12.9. The van der Waals surface area contributed by atoms with Gasteiger partial charge in [-0.05, 0) is 18.4 Å². The van der Waals surface area contributed by atoms with Gasteiger partial charge in [0.15, 0.2) is 0 Å². The van der Waals surface area contributed by atoms with Crippen LogP contribution < -0.4 is 5.73 Å². The van der Waals surface area contributed by atoms with E-state index in [9.17, 15) is 9.59 Å². The van der Waals surface area contributed by atoms with Crippen molar-refractivity contribution in [1.82, 2.24) is 9.80 Å². The summed E-state index contributed by atoms with van der Waals surface area (Å²) in [6.45, 7) is 6.25. The summed E-state index contributed by atoms with van der Waals surface area (Å²) in [6.07, 6.45) is 2.72. The lowest BCUT2D eigenvalue weighted by Crippen LogP contribution is -2.55. The smallest absolute Gasteiger partial charge is 0.239 e. The van der Waals surface area contributed by atoms with Gasteiger partial charge >= 0.3 is 0 Å². The minimum absolute atomic E-state index is 0.0192. The van der Waals surface area contributed by atoms with Crippen LogP contribution in [0, 0.1) is 5.92 Å². The lowest BCUT2D eigenvalue weighted by molar-refractivity contribution is -0.142. The number of nitrogens with two attached hydrogens (primary N) is 1. The van der Waals surface area contributed by atoms with E-state index in [0.717, 1.165) is 5.75 Å². The van der Waals surface area contributed by atoms with E-state index < -0.39 is 6.04 Å². The quantitative estimate of drug-likeness (QED) is 0.794. The fourth-order valence-electron chi connectivity index (χ4n) is 2.12. The first-order chi connectivity index (χ1) is 8.97. The Morgan fingerprint density at radius 1 is 1.11 bits per heavy atom. The van der Waals surface area contributed by atoms with E-state index in [1.807, 2.05) is 25.0 Å². The highest BCUT2D eigenvalue weighted by atomic mass is 32.2. The molecule has 0 aromatic carbocycles. The van der Waals surface area contributed by atoms with Gasteiger partial charge in [0.05, 0.1) is 6.04 Å². The molecule has 1 saturated heterocycles. The fourth-order valence-corrected chi connectivity index (χ4v) is 2.60. The molecule has 1 rings (SSSR count). The molecular formula is C13H25N3O2S. The van der Waals surface area contributed by atoms with E-state index in [4.69, 9.17) is 5.73 Å². The number of amides is 2. The Hall–Kier alpha value is -0.750. The number of thioether (sulfide) groups is 1. The number of rotatable bonds is 5. The molecule has 0 spiro atoms. The molecule has 1 aliphatic rings. The minimum atomic E-state index is -0.403. The van der Waals surface area contributed by atoms with Crippen molar-refractivity contribution in [2.75, 3.05) is 38.2 Å². The number of nitrogens with zero attached hydrogens (tertiary/aromatic N) is 2. The normalized spacial score (nSPS) is 17.7. The van der Waals surface area contributed by atoms with Crippen molar-refractivity contribution in [3.63, 3.8) is 0 Å². The fraction of sp³-hybridized carbons (Fsp3) is 0.846. The lowest BCUT2D eigenvalue weighted by Gasteiger charge is -2.36. The van der Waals surface area contributed by atoms with Crippen LogP contribution in [0.25, 0.3) is 0 Å². The third-order valence-electron chi connectivity index (χ3n) is 3.35. The Balaban J connectivity index is 2.41. The average Bonchev–Trinajstić information content (AvgIpc) is 2.43. The predicted octanol–water partition coefficient (Wildman–Crippen LogP) is 0.394. The van der Waals surface area contributed by atoms with E-state index in [0.29, 0.717) is 32.6 Å². The summed E-state index contributed by atoms with van der Waals surface area (Å²) < 4.78 is 0. The molecular weight excluding hydrogens is 262 g/mol. The van der Waals surface area contributed by atoms with Crippen LogP contribution in [0.3, 0.4) is 0 Å². The zero-order valence-electron chi connectivity index (χ0n) is 12.1. The molecule has 2 N–H and O–H groups in total. The number of hydrogen-bond acceptors (Lipinski definition) is 4. The van der Waals surface area contributed by atoms with Crippen LogP contribution in [0.15, 0.2) is 0 Å². The number of hydrogen-bond donors (Lipinski definition) is 1. The second-order valence-corrected chi connectivity index (χ2v) is 6.18. The molecule has 1 aliphatic heterocycles. The van der Waals surface area contributed by atoms with Crippen LogP contribution >= 0.6 is 11.8 Å². The molecule has 6 heteroatoms. The summed E-state index contributed by atoms with van der Waals surface area (Å²) in [5.74, 6) is 1.11. The summed E-state index contributed by atoms with van der Waals surface area (Å²) >= 11 is 1.70. The van der Waals surface area contributed by atoms with Gasteiger partial charge in [-0.25, -0.2) is 0 Å². The van der Waals surface area contributed by atoms with Crippen molar-refractivity contribution < 1.29 is 9.59 Å². The number of carbonyl (C=O) groups excluding carboxylic acids is 2. The maximum Gasteiger partial charge on any atom is 0.239 e. The van der Waals surface area contributed by atoms with Crippen LogP contribution in [-0.2, 0) is 9.59 Å². The van der Waals surface area contributed by atoms with Crippen molar-refractivity contribution in [1.29, 1.82) is 0 Å². The van der Waals surface area contributed by atoms with Crippen molar-refractivity contribution in [3.8, 4) is 0 Å². The highest BCUT2D eigenvalue weighted by molar-refractivity contribution is 7.98. The van der Waals surface area contributed by atoms with Gasteiger partial charge < -0.3 is 15.5 Å². The molecule has 1 fully saturated rings. The molecule has 0 saturated carbocycles. The monoisotopic (exact) mass is 287 g/mol. The molecule has 1 heterocycles.